The zero-order valence-electron chi connectivity index (χ0n) is 10.2. The molecule has 1 aromatic heterocycles. The molecule has 112 valence electrons. The second-order valence-corrected chi connectivity index (χ2v) is 4.37. The lowest BCUT2D eigenvalue weighted by Gasteiger charge is -2.17. The van der Waals surface area contributed by atoms with E-state index in [-0.39, 0.29) is 35.5 Å². The monoisotopic (exact) mass is 339 g/mol. The largest absolute Gasteiger partial charge is 0.409 e. The molecule has 3 nitrogen and oxygen atoms in total. The molecule has 0 aromatic carbocycles. The van der Waals surface area contributed by atoms with Crippen molar-refractivity contribution in [2.24, 2.45) is 5.73 Å². The van der Waals surface area contributed by atoms with Gasteiger partial charge in [-0.1, -0.05) is 11.6 Å². The lowest BCUT2D eigenvalue weighted by molar-refractivity contribution is -0.149. The van der Waals surface area contributed by atoms with Crippen molar-refractivity contribution in [3.8, 4) is 0 Å². The van der Waals surface area contributed by atoms with Crippen molar-refractivity contribution in [3.63, 3.8) is 0 Å². The van der Waals surface area contributed by atoms with Crippen LogP contribution >= 0.6 is 36.4 Å². The van der Waals surface area contributed by atoms with Gasteiger partial charge in [0.2, 0.25) is 0 Å². The first-order valence-corrected chi connectivity index (χ1v) is 5.21. The minimum absolute atomic E-state index is 0. The van der Waals surface area contributed by atoms with Gasteiger partial charge in [-0.3, -0.25) is 4.98 Å². The maximum absolute atomic E-state index is 12.4. The summed E-state index contributed by atoms with van der Waals surface area (Å²) in [4.78, 5) is 5.55. The Kier molecular flexibility index (Phi) is 8.98. The third-order valence-electron chi connectivity index (χ3n) is 2.07. The van der Waals surface area contributed by atoms with Crippen LogP contribution in [-0.4, -0.2) is 30.2 Å². The number of halogens is 6. The summed E-state index contributed by atoms with van der Waals surface area (Å²) in [6.45, 7) is 0.550. The summed E-state index contributed by atoms with van der Waals surface area (Å²) in [6.07, 6.45) is -3.19. The van der Waals surface area contributed by atoms with Crippen LogP contribution in [0, 0.1) is 0 Å². The van der Waals surface area contributed by atoms with Crippen molar-refractivity contribution in [2.45, 2.75) is 18.8 Å². The normalized spacial score (nSPS) is 12.6. The van der Waals surface area contributed by atoms with E-state index < -0.39 is 12.2 Å². The lowest BCUT2D eigenvalue weighted by atomic mass is 10.1. The lowest BCUT2D eigenvalue weighted by Crippen LogP contribution is -2.29. The highest BCUT2D eigenvalue weighted by atomic mass is 35.5. The van der Waals surface area contributed by atoms with Crippen LogP contribution in [0.15, 0.2) is 12.3 Å². The topological polar surface area (TPSA) is 42.2 Å². The summed E-state index contributed by atoms with van der Waals surface area (Å²) in [5.41, 5.74) is 5.43. The van der Waals surface area contributed by atoms with Crippen molar-refractivity contribution in [3.05, 3.63) is 28.5 Å². The Morgan fingerprint density at radius 2 is 1.89 bits per heavy atom. The second-order valence-electron chi connectivity index (χ2n) is 3.97. The molecule has 1 aromatic rings. The summed E-state index contributed by atoms with van der Waals surface area (Å²) in [5.74, 6) is 0. The molecule has 0 spiro atoms. The summed E-state index contributed by atoms with van der Waals surface area (Å²) >= 11 is 5.75. The Hall–Kier alpha value is -0.270. The Morgan fingerprint density at radius 3 is 2.26 bits per heavy atom. The first-order valence-electron chi connectivity index (χ1n) is 4.83. The molecule has 0 amide bonds. The van der Waals surface area contributed by atoms with Gasteiger partial charge in [-0.05, 0) is 25.7 Å². The fraction of sp³-hybridized carbons (Fsp3) is 0.500. The van der Waals surface area contributed by atoms with Crippen LogP contribution in [0.5, 0.6) is 0 Å². The van der Waals surface area contributed by atoms with E-state index >= 15 is 0 Å². The fourth-order valence-electron chi connectivity index (χ4n) is 1.32. The Labute approximate surface area is 127 Å². The van der Waals surface area contributed by atoms with E-state index in [2.05, 4.69) is 4.98 Å². The summed E-state index contributed by atoms with van der Waals surface area (Å²) in [5, 5.41) is -0.0609. The van der Waals surface area contributed by atoms with Gasteiger partial charge in [-0.15, -0.1) is 24.8 Å². The Morgan fingerprint density at radius 1 is 1.37 bits per heavy atom. The molecule has 0 saturated heterocycles. The fourth-order valence-corrected chi connectivity index (χ4v) is 1.63. The van der Waals surface area contributed by atoms with E-state index in [1.54, 1.807) is 0 Å². The van der Waals surface area contributed by atoms with E-state index in [0.29, 0.717) is 6.54 Å². The molecule has 1 heterocycles. The smallest absolute Gasteiger partial charge is 0.315 e. The van der Waals surface area contributed by atoms with Gasteiger partial charge in [-0.25, -0.2) is 0 Å². The molecule has 0 bridgehead atoms. The molecule has 0 fully saturated rings. The molecule has 0 saturated carbocycles. The number of nitrogens with zero attached hydrogens (tertiary/aromatic N) is 2. The highest BCUT2D eigenvalue weighted by Gasteiger charge is 2.39. The highest BCUT2D eigenvalue weighted by Crippen LogP contribution is 2.33. The van der Waals surface area contributed by atoms with E-state index in [1.807, 2.05) is 19.0 Å². The minimum atomic E-state index is -4.54. The second kappa shape index (κ2) is 8.11. The molecule has 19 heavy (non-hydrogen) atoms. The van der Waals surface area contributed by atoms with Gasteiger partial charge in [0, 0.05) is 12.7 Å². The number of pyridine rings is 1. The standard InChI is InChI=1S/C10H13ClF3N3.2ClH/c1-17(2)5-6-3-7(11)8(16-4-6)9(15)10(12,13)14;;/h3-4,9H,5,15H2,1-2H3;2*1H. The third kappa shape index (κ3) is 6.14. The minimum Gasteiger partial charge on any atom is -0.315 e. The zero-order chi connectivity index (χ0) is 13.2. The van der Waals surface area contributed by atoms with Gasteiger partial charge < -0.3 is 10.6 Å². The van der Waals surface area contributed by atoms with Gasteiger partial charge in [0.25, 0.3) is 0 Å². The molecule has 1 unspecified atom stereocenters. The van der Waals surface area contributed by atoms with E-state index in [4.69, 9.17) is 17.3 Å². The maximum atomic E-state index is 12.4. The predicted octanol–water partition coefficient (Wildman–Crippen LogP) is 3.20. The van der Waals surface area contributed by atoms with Gasteiger partial charge in [0.05, 0.1) is 10.7 Å². The van der Waals surface area contributed by atoms with Crippen molar-refractivity contribution < 1.29 is 13.2 Å². The van der Waals surface area contributed by atoms with Crippen molar-refractivity contribution >= 4 is 36.4 Å². The predicted molar refractivity (Wildman–Crippen MR) is 74.1 cm³/mol. The molecule has 1 atom stereocenters. The summed E-state index contributed by atoms with van der Waals surface area (Å²) in [6, 6.07) is -0.696. The number of nitrogens with two attached hydrogens (primary N) is 1. The molecule has 0 aliphatic carbocycles. The molecular weight excluding hydrogens is 325 g/mol. The first kappa shape index (κ1) is 21.0. The Bertz CT molecular complexity index is 399. The van der Waals surface area contributed by atoms with E-state index in [1.165, 1.54) is 12.3 Å². The van der Waals surface area contributed by atoms with Gasteiger partial charge in [0.15, 0.2) is 0 Å². The molecule has 2 N–H and O–H groups in total. The van der Waals surface area contributed by atoms with E-state index in [0.717, 1.165) is 5.56 Å². The zero-order valence-corrected chi connectivity index (χ0v) is 12.6. The average Bonchev–Trinajstić information content (AvgIpc) is 2.14. The van der Waals surface area contributed by atoms with Crippen molar-refractivity contribution in [1.29, 1.82) is 0 Å². The van der Waals surface area contributed by atoms with Crippen LogP contribution in [0.25, 0.3) is 0 Å². The van der Waals surface area contributed by atoms with Crippen LogP contribution in [0.2, 0.25) is 5.02 Å². The molecule has 0 aliphatic rings. The van der Waals surface area contributed by atoms with Crippen LogP contribution in [-0.2, 0) is 6.54 Å². The van der Waals surface area contributed by atoms with Gasteiger partial charge in [0.1, 0.15) is 6.04 Å². The highest BCUT2D eigenvalue weighted by molar-refractivity contribution is 6.31. The SMILES string of the molecule is CN(C)Cc1cnc(C(N)C(F)(F)F)c(Cl)c1.Cl.Cl. The maximum Gasteiger partial charge on any atom is 0.409 e. The van der Waals surface area contributed by atoms with Crippen molar-refractivity contribution in [2.75, 3.05) is 14.1 Å². The molecule has 9 heteroatoms. The Balaban J connectivity index is 0. The number of rotatable bonds is 3. The number of hydrogen-bond donors (Lipinski definition) is 1. The first-order chi connectivity index (χ1) is 7.71. The summed E-state index contributed by atoms with van der Waals surface area (Å²) < 4.78 is 37.2. The van der Waals surface area contributed by atoms with Crippen molar-refractivity contribution in [1.82, 2.24) is 9.88 Å². The van der Waals surface area contributed by atoms with E-state index in [9.17, 15) is 13.2 Å². The molecular formula is C10H15Cl3F3N3. The molecule has 0 radical (unpaired) electrons. The average molecular weight is 341 g/mol. The quantitative estimate of drug-likeness (QED) is 0.919. The van der Waals surface area contributed by atoms with Crippen LogP contribution in [0.1, 0.15) is 17.3 Å². The third-order valence-corrected chi connectivity index (χ3v) is 2.38. The van der Waals surface area contributed by atoms with Gasteiger partial charge >= 0.3 is 6.18 Å². The van der Waals surface area contributed by atoms with Crippen LogP contribution < -0.4 is 5.73 Å². The number of aromatic nitrogens is 1. The molecule has 0 aliphatic heterocycles. The van der Waals surface area contributed by atoms with Crippen LogP contribution in [0.4, 0.5) is 13.2 Å². The molecule has 1 rings (SSSR count). The van der Waals surface area contributed by atoms with Gasteiger partial charge in [-0.2, -0.15) is 13.2 Å². The van der Waals surface area contributed by atoms with Crippen LogP contribution in [0.3, 0.4) is 0 Å². The summed E-state index contributed by atoms with van der Waals surface area (Å²) in [7, 11) is 3.67. The number of hydrogen-bond acceptors (Lipinski definition) is 3. The number of alkyl halides is 3.